The summed E-state index contributed by atoms with van der Waals surface area (Å²) in [5.74, 6) is 0.416. The summed E-state index contributed by atoms with van der Waals surface area (Å²) in [4.78, 5) is 16.0. The van der Waals surface area contributed by atoms with Crippen molar-refractivity contribution in [3.8, 4) is 6.07 Å². The van der Waals surface area contributed by atoms with Gasteiger partial charge in [-0.25, -0.2) is 8.42 Å². The minimum absolute atomic E-state index is 0.165. The average Bonchev–Trinajstić information content (AvgIpc) is 3.10. The number of fused-ring (bicyclic) bond motifs is 1. The second kappa shape index (κ2) is 9.49. The number of benzene rings is 1. The first-order chi connectivity index (χ1) is 15.3. The molecule has 1 aromatic heterocycles. The minimum Gasteiger partial charge on any atom is -0.315 e. The van der Waals surface area contributed by atoms with Crippen LogP contribution in [0.5, 0.6) is 0 Å². The normalized spacial score (nSPS) is 19.8. The maximum absolute atomic E-state index is 12.8. The number of nitrogens with one attached hydrogen (secondary N) is 1. The number of rotatable bonds is 5. The molecule has 1 saturated heterocycles. The van der Waals surface area contributed by atoms with Crippen LogP contribution >= 0.6 is 22.9 Å². The molecule has 0 spiro atoms. The molecule has 1 aliphatic carbocycles. The molecule has 170 valence electrons. The Morgan fingerprint density at radius 3 is 2.59 bits per heavy atom. The number of carbonyl (C=O) groups excluding carboxylic acids is 1. The number of carbonyl (C=O) groups is 1. The summed E-state index contributed by atoms with van der Waals surface area (Å²) < 4.78 is 27.1. The highest BCUT2D eigenvalue weighted by atomic mass is 35.5. The van der Waals surface area contributed by atoms with E-state index in [4.69, 9.17) is 11.6 Å². The highest BCUT2D eigenvalue weighted by molar-refractivity contribution is 7.89. The predicted molar refractivity (Wildman–Crippen MR) is 126 cm³/mol. The number of thiophene rings is 1. The lowest BCUT2D eigenvalue weighted by molar-refractivity contribution is -0.117. The van der Waals surface area contributed by atoms with Gasteiger partial charge in [-0.1, -0.05) is 18.5 Å². The zero-order valence-corrected chi connectivity index (χ0v) is 20.2. The molecule has 0 unspecified atom stereocenters. The Morgan fingerprint density at radius 2 is 1.94 bits per heavy atom. The number of amides is 1. The second-order valence-corrected chi connectivity index (χ2v) is 11.8. The molecule has 1 fully saturated rings. The zero-order chi connectivity index (χ0) is 22.9. The third-order valence-corrected chi connectivity index (χ3v) is 9.36. The highest BCUT2D eigenvalue weighted by Crippen LogP contribution is 2.39. The lowest BCUT2D eigenvalue weighted by Gasteiger charge is -2.33. The summed E-state index contributed by atoms with van der Waals surface area (Å²) in [6.07, 6.45) is 2.90. The van der Waals surface area contributed by atoms with Crippen LogP contribution in [-0.4, -0.2) is 56.3 Å². The van der Waals surface area contributed by atoms with Crippen LogP contribution in [0.15, 0.2) is 29.2 Å². The average molecular weight is 493 g/mol. The first-order valence-electron chi connectivity index (χ1n) is 10.6. The number of piperazine rings is 1. The molecule has 10 heteroatoms. The molecule has 4 rings (SSSR count). The van der Waals surface area contributed by atoms with Crippen molar-refractivity contribution in [3.63, 3.8) is 0 Å². The number of sulfonamides is 1. The Bertz CT molecular complexity index is 1150. The molecule has 1 aromatic carbocycles. The van der Waals surface area contributed by atoms with Gasteiger partial charge in [0.25, 0.3) is 0 Å². The Morgan fingerprint density at radius 1 is 1.25 bits per heavy atom. The lowest BCUT2D eigenvalue weighted by atomic mass is 9.89. The van der Waals surface area contributed by atoms with Gasteiger partial charge in [0.1, 0.15) is 11.1 Å². The van der Waals surface area contributed by atoms with Crippen LogP contribution in [0.3, 0.4) is 0 Å². The van der Waals surface area contributed by atoms with E-state index in [1.54, 1.807) is 12.1 Å². The summed E-state index contributed by atoms with van der Waals surface area (Å²) in [5, 5.41) is 13.7. The van der Waals surface area contributed by atoms with Crippen molar-refractivity contribution in [1.82, 2.24) is 9.21 Å². The van der Waals surface area contributed by atoms with Crippen LogP contribution in [0, 0.1) is 17.2 Å². The van der Waals surface area contributed by atoms with E-state index in [0.29, 0.717) is 47.7 Å². The first-order valence-corrected chi connectivity index (χ1v) is 13.2. The number of anilines is 1. The fourth-order valence-electron chi connectivity index (χ4n) is 4.21. The molecule has 2 aliphatic rings. The third kappa shape index (κ3) is 4.85. The molecule has 7 nitrogen and oxygen atoms in total. The first kappa shape index (κ1) is 23.2. The SMILES string of the molecule is C[C@@H]1CCc2c(sc(NC(=O)CN3CCN(S(=O)(=O)c4ccc(Cl)cc4)CC3)c2C#N)C1. The Balaban J connectivity index is 1.34. The second-order valence-electron chi connectivity index (χ2n) is 8.35. The van der Waals surface area contributed by atoms with Crippen LogP contribution in [0.25, 0.3) is 0 Å². The molecule has 0 saturated carbocycles. The molecule has 1 atom stereocenters. The molecular weight excluding hydrogens is 468 g/mol. The van der Waals surface area contributed by atoms with Crippen LogP contribution in [-0.2, 0) is 27.7 Å². The van der Waals surface area contributed by atoms with E-state index in [2.05, 4.69) is 18.3 Å². The monoisotopic (exact) mass is 492 g/mol. The standard InChI is InChI=1S/C22H25ClN4O3S2/c1-15-2-7-18-19(13-24)22(31-20(18)12-15)25-21(28)14-26-8-10-27(11-9-26)32(29,30)17-5-3-16(23)4-6-17/h3-6,15H,2,7-12,14H2,1H3,(H,25,28)/t15-/m1/s1. The summed E-state index contributed by atoms with van der Waals surface area (Å²) in [7, 11) is -3.58. The molecule has 1 aliphatic heterocycles. The van der Waals surface area contributed by atoms with Gasteiger partial charge in [0.2, 0.25) is 15.9 Å². The number of nitrogens with zero attached hydrogens (tertiary/aromatic N) is 3. The van der Waals surface area contributed by atoms with Crippen molar-refractivity contribution < 1.29 is 13.2 Å². The maximum Gasteiger partial charge on any atom is 0.243 e. The molecule has 0 radical (unpaired) electrons. The van der Waals surface area contributed by atoms with Gasteiger partial charge >= 0.3 is 0 Å². The van der Waals surface area contributed by atoms with Gasteiger partial charge < -0.3 is 5.32 Å². The summed E-state index contributed by atoms with van der Waals surface area (Å²) in [6, 6.07) is 8.41. The van der Waals surface area contributed by atoms with Gasteiger partial charge in [0.05, 0.1) is 17.0 Å². The van der Waals surface area contributed by atoms with Crippen molar-refractivity contribution >= 4 is 43.9 Å². The molecule has 32 heavy (non-hydrogen) atoms. The molecule has 0 bridgehead atoms. The maximum atomic E-state index is 12.8. The minimum atomic E-state index is -3.58. The van der Waals surface area contributed by atoms with Gasteiger partial charge in [0, 0.05) is 36.1 Å². The molecular formula is C22H25ClN4O3S2. The van der Waals surface area contributed by atoms with Gasteiger partial charge in [0.15, 0.2) is 0 Å². The zero-order valence-electron chi connectivity index (χ0n) is 17.8. The van der Waals surface area contributed by atoms with Gasteiger partial charge in [-0.3, -0.25) is 9.69 Å². The van der Waals surface area contributed by atoms with Crippen molar-refractivity contribution in [3.05, 3.63) is 45.3 Å². The van der Waals surface area contributed by atoms with Crippen molar-refractivity contribution in [2.75, 3.05) is 38.0 Å². The molecule has 2 heterocycles. The Kier molecular flexibility index (Phi) is 6.89. The smallest absolute Gasteiger partial charge is 0.243 e. The van der Waals surface area contributed by atoms with Crippen molar-refractivity contribution in [2.45, 2.75) is 31.1 Å². The van der Waals surface area contributed by atoms with E-state index in [1.807, 2.05) is 4.90 Å². The van der Waals surface area contributed by atoms with Gasteiger partial charge in [-0.15, -0.1) is 11.3 Å². The summed E-state index contributed by atoms with van der Waals surface area (Å²) in [6.45, 7) is 3.92. The fourth-order valence-corrected chi connectivity index (χ4v) is 7.14. The fraction of sp³-hybridized carbons (Fsp3) is 0.455. The molecule has 1 amide bonds. The van der Waals surface area contributed by atoms with E-state index in [-0.39, 0.29) is 17.3 Å². The molecule has 1 N–H and O–H groups in total. The van der Waals surface area contributed by atoms with Crippen LogP contribution < -0.4 is 5.32 Å². The summed E-state index contributed by atoms with van der Waals surface area (Å²) >= 11 is 7.37. The quantitative estimate of drug-likeness (QED) is 0.690. The van der Waals surface area contributed by atoms with Gasteiger partial charge in [-0.05, 0) is 55.0 Å². The van der Waals surface area contributed by atoms with Crippen LogP contribution in [0.2, 0.25) is 5.02 Å². The predicted octanol–water partition coefficient (Wildman–Crippen LogP) is 3.34. The van der Waals surface area contributed by atoms with Crippen LogP contribution in [0.4, 0.5) is 5.00 Å². The topological polar surface area (TPSA) is 93.5 Å². The molecule has 2 aromatic rings. The highest BCUT2D eigenvalue weighted by Gasteiger charge is 2.30. The number of hydrogen-bond acceptors (Lipinski definition) is 6. The van der Waals surface area contributed by atoms with Crippen LogP contribution in [0.1, 0.15) is 29.3 Å². The number of halogens is 1. The van der Waals surface area contributed by atoms with Crippen molar-refractivity contribution in [2.24, 2.45) is 5.92 Å². The van der Waals surface area contributed by atoms with E-state index >= 15 is 0 Å². The Labute approximate surface area is 197 Å². The Hall–Kier alpha value is -1.96. The number of hydrogen-bond donors (Lipinski definition) is 1. The van der Waals surface area contributed by atoms with Gasteiger partial charge in [-0.2, -0.15) is 9.57 Å². The van der Waals surface area contributed by atoms with E-state index in [1.165, 1.54) is 32.7 Å². The third-order valence-electron chi connectivity index (χ3n) is 6.03. The summed E-state index contributed by atoms with van der Waals surface area (Å²) in [5.41, 5.74) is 1.69. The lowest BCUT2D eigenvalue weighted by Crippen LogP contribution is -2.50. The largest absolute Gasteiger partial charge is 0.315 e. The van der Waals surface area contributed by atoms with Crippen molar-refractivity contribution in [1.29, 1.82) is 5.26 Å². The van der Waals surface area contributed by atoms with E-state index in [0.717, 1.165) is 24.8 Å². The van der Waals surface area contributed by atoms with E-state index < -0.39 is 10.0 Å². The number of nitriles is 1. The van der Waals surface area contributed by atoms with E-state index in [9.17, 15) is 18.5 Å².